The molecule has 0 spiro atoms. The van der Waals surface area contributed by atoms with Crippen LogP contribution in [0.3, 0.4) is 0 Å². The number of aromatic nitrogens is 3. The van der Waals surface area contributed by atoms with Gasteiger partial charge in [-0.25, -0.2) is 9.97 Å². The first-order valence-corrected chi connectivity index (χ1v) is 10.3. The fourth-order valence-corrected chi connectivity index (χ4v) is 3.90. The van der Waals surface area contributed by atoms with Gasteiger partial charge in [0, 0.05) is 35.9 Å². The van der Waals surface area contributed by atoms with Gasteiger partial charge in [0.2, 0.25) is 5.95 Å². The number of carbonyl (C=O) groups is 1. The average molecular weight is 387 g/mol. The summed E-state index contributed by atoms with van der Waals surface area (Å²) in [6, 6.07) is 10.5. The van der Waals surface area contributed by atoms with E-state index in [0.29, 0.717) is 30.6 Å². The highest BCUT2D eigenvalue weighted by atomic mass is 16.2. The van der Waals surface area contributed by atoms with Gasteiger partial charge in [0.1, 0.15) is 5.69 Å². The molecule has 0 bridgehead atoms. The van der Waals surface area contributed by atoms with E-state index in [2.05, 4.69) is 33.1 Å². The first-order chi connectivity index (χ1) is 14.1. The van der Waals surface area contributed by atoms with Crippen LogP contribution in [0, 0.1) is 5.92 Å². The SMILES string of the molecule is CC(C)N1Cc2cnc(N(Cc3cc4ccccc4cn3)CC3CC3)nc2C1=O. The zero-order chi connectivity index (χ0) is 20.0. The predicted molar refractivity (Wildman–Crippen MR) is 113 cm³/mol. The van der Waals surface area contributed by atoms with Crippen molar-refractivity contribution in [2.45, 2.75) is 45.8 Å². The minimum absolute atomic E-state index is 0.00820. The Balaban J connectivity index is 1.45. The number of anilines is 1. The van der Waals surface area contributed by atoms with Gasteiger partial charge in [-0.3, -0.25) is 9.78 Å². The average Bonchev–Trinajstić information content (AvgIpc) is 3.48. The van der Waals surface area contributed by atoms with E-state index in [9.17, 15) is 4.79 Å². The van der Waals surface area contributed by atoms with Crippen molar-refractivity contribution >= 4 is 22.6 Å². The Morgan fingerprint density at radius 2 is 1.93 bits per heavy atom. The molecule has 0 N–H and O–H groups in total. The van der Waals surface area contributed by atoms with Crippen molar-refractivity contribution in [3.8, 4) is 0 Å². The molecule has 0 unspecified atom stereocenters. The van der Waals surface area contributed by atoms with Crippen molar-refractivity contribution in [1.82, 2.24) is 19.9 Å². The third kappa shape index (κ3) is 3.55. The van der Waals surface area contributed by atoms with E-state index in [0.717, 1.165) is 23.2 Å². The number of nitrogens with zero attached hydrogens (tertiary/aromatic N) is 5. The molecule has 2 aliphatic rings. The molecule has 29 heavy (non-hydrogen) atoms. The van der Waals surface area contributed by atoms with Crippen molar-refractivity contribution in [3.63, 3.8) is 0 Å². The van der Waals surface area contributed by atoms with Crippen molar-refractivity contribution in [2.24, 2.45) is 5.92 Å². The van der Waals surface area contributed by atoms with Gasteiger partial charge < -0.3 is 9.80 Å². The smallest absolute Gasteiger partial charge is 0.273 e. The molecule has 6 nitrogen and oxygen atoms in total. The lowest BCUT2D eigenvalue weighted by atomic mass is 10.1. The normalized spacial score (nSPS) is 16.0. The van der Waals surface area contributed by atoms with Crippen LogP contribution in [0.4, 0.5) is 5.95 Å². The molecule has 2 aromatic heterocycles. The first-order valence-electron chi connectivity index (χ1n) is 10.3. The largest absolute Gasteiger partial charge is 0.335 e. The summed E-state index contributed by atoms with van der Waals surface area (Å²) < 4.78 is 0. The lowest BCUT2D eigenvalue weighted by Gasteiger charge is -2.22. The van der Waals surface area contributed by atoms with Gasteiger partial charge in [-0.2, -0.15) is 0 Å². The van der Waals surface area contributed by atoms with E-state index in [4.69, 9.17) is 4.98 Å². The summed E-state index contributed by atoms with van der Waals surface area (Å²) in [4.78, 5) is 30.8. The number of rotatable bonds is 6. The van der Waals surface area contributed by atoms with Crippen molar-refractivity contribution in [3.05, 3.63) is 59.7 Å². The van der Waals surface area contributed by atoms with E-state index in [1.807, 2.05) is 43.3 Å². The Labute approximate surface area is 170 Å². The molecule has 1 amide bonds. The van der Waals surface area contributed by atoms with Crippen molar-refractivity contribution in [1.29, 1.82) is 0 Å². The van der Waals surface area contributed by atoms with Crippen LogP contribution in [0.25, 0.3) is 10.8 Å². The van der Waals surface area contributed by atoms with E-state index < -0.39 is 0 Å². The number of benzene rings is 1. The molecular formula is C23H25N5O. The maximum atomic E-state index is 12.8. The molecule has 3 aromatic rings. The van der Waals surface area contributed by atoms with E-state index in [1.54, 1.807) is 0 Å². The molecule has 1 saturated carbocycles. The highest BCUT2D eigenvalue weighted by Crippen LogP contribution is 2.32. The second-order valence-corrected chi connectivity index (χ2v) is 8.42. The van der Waals surface area contributed by atoms with Gasteiger partial charge in [-0.15, -0.1) is 0 Å². The van der Waals surface area contributed by atoms with Crippen LogP contribution in [0.1, 0.15) is 48.4 Å². The molecule has 3 heterocycles. The van der Waals surface area contributed by atoms with Gasteiger partial charge >= 0.3 is 0 Å². The van der Waals surface area contributed by atoms with Crippen LogP contribution < -0.4 is 4.90 Å². The number of carbonyl (C=O) groups excluding carboxylic acids is 1. The summed E-state index contributed by atoms with van der Waals surface area (Å²) in [5.74, 6) is 1.31. The quantitative estimate of drug-likeness (QED) is 0.644. The second kappa shape index (κ2) is 7.10. The Morgan fingerprint density at radius 1 is 1.14 bits per heavy atom. The Kier molecular flexibility index (Phi) is 4.42. The standard InChI is InChI=1S/C23H25N5O/c1-15(2)28-13-19-11-25-23(26-21(19)22(28)29)27(12-16-7-8-16)14-20-9-17-5-3-4-6-18(17)10-24-20/h3-6,9-11,15-16H,7-8,12-14H2,1-2H3. The molecule has 148 valence electrons. The summed E-state index contributed by atoms with van der Waals surface area (Å²) in [6.45, 7) is 6.20. The number of hydrogen-bond donors (Lipinski definition) is 0. The summed E-state index contributed by atoms with van der Waals surface area (Å²) in [6.07, 6.45) is 6.23. The first kappa shape index (κ1) is 18.0. The molecular weight excluding hydrogens is 362 g/mol. The van der Waals surface area contributed by atoms with E-state index >= 15 is 0 Å². The molecule has 5 rings (SSSR count). The number of fused-ring (bicyclic) bond motifs is 2. The third-order valence-electron chi connectivity index (χ3n) is 5.78. The van der Waals surface area contributed by atoms with Crippen LogP contribution in [0.15, 0.2) is 42.7 Å². The molecule has 1 fully saturated rings. The van der Waals surface area contributed by atoms with Gasteiger partial charge in [0.25, 0.3) is 5.91 Å². The summed E-state index contributed by atoms with van der Waals surface area (Å²) >= 11 is 0. The van der Waals surface area contributed by atoms with E-state index in [-0.39, 0.29) is 11.9 Å². The topological polar surface area (TPSA) is 62.2 Å². The zero-order valence-corrected chi connectivity index (χ0v) is 16.9. The summed E-state index contributed by atoms with van der Waals surface area (Å²) in [5, 5.41) is 2.32. The maximum Gasteiger partial charge on any atom is 0.273 e. The molecule has 0 saturated heterocycles. The van der Waals surface area contributed by atoms with E-state index in [1.165, 1.54) is 18.2 Å². The predicted octanol–water partition coefficient (Wildman–Crippen LogP) is 3.81. The molecule has 0 atom stereocenters. The van der Waals surface area contributed by atoms with Crippen LogP contribution in [-0.4, -0.2) is 38.3 Å². The summed E-state index contributed by atoms with van der Waals surface area (Å²) in [5.41, 5.74) is 2.46. The van der Waals surface area contributed by atoms with Gasteiger partial charge in [-0.05, 0) is 44.1 Å². The molecule has 1 aromatic carbocycles. The van der Waals surface area contributed by atoms with Gasteiger partial charge in [0.15, 0.2) is 0 Å². The highest BCUT2D eigenvalue weighted by molar-refractivity contribution is 5.96. The fraction of sp³-hybridized carbons (Fsp3) is 0.391. The minimum atomic E-state index is 0.00820. The number of pyridine rings is 1. The van der Waals surface area contributed by atoms with Crippen molar-refractivity contribution < 1.29 is 4.79 Å². The molecule has 1 aliphatic carbocycles. The number of hydrogen-bond acceptors (Lipinski definition) is 5. The third-order valence-corrected chi connectivity index (χ3v) is 5.78. The Bertz CT molecular complexity index is 1080. The summed E-state index contributed by atoms with van der Waals surface area (Å²) in [7, 11) is 0. The second-order valence-electron chi connectivity index (χ2n) is 8.42. The molecule has 6 heteroatoms. The minimum Gasteiger partial charge on any atom is -0.335 e. The highest BCUT2D eigenvalue weighted by Gasteiger charge is 2.33. The van der Waals surface area contributed by atoms with Crippen LogP contribution >= 0.6 is 0 Å². The lowest BCUT2D eigenvalue weighted by molar-refractivity contribution is 0.0726. The van der Waals surface area contributed by atoms with Crippen LogP contribution in [-0.2, 0) is 13.1 Å². The molecule has 1 aliphatic heterocycles. The zero-order valence-electron chi connectivity index (χ0n) is 16.9. The Morgan fingerprint density at radius 3 is 2.69 bits per heavy atom. The van der Waals surface area contributed by atoms with Crippen molar-refractivity contribution in [2.75, 3.05) is 11.4 Å². The number of amides is 1. The van der Waals surface area contributed by atoms with Gasteiger partial charge in [-0.1, -0.05) is 24.3 Å². The van der Waals surface area contributed by atoms with Crippen LogP contribution in [0.2, 0.25) is 0 Å². The Hall–Kier alpha value is -3.02. The fourth-order valence-electron chi connectivity index (χ4n) is 3.90. The maximum absolute atomic E-state index is 12.8. The lowest BCUT2D eigenvalue weighted by Crippen LogP contribution is -2.31. The molecule has 0 radical (unpaired) electrons. The van der Waals surface area contributed by atoms with Crippen LogP contribution in [0.5, 0.6) is 0 Å². The monoisotopic (exact) mass is 387 g/mol. The van der Waals surface area contributed by atoms with Gasteiger partial charge in [0.05, 0.1) is 18.8 Å².